The molecule has 2 heterocycles. The molecule has 7 heteroatoms. The molecule has 1 fully saturated rings. The van der Waals surface area contributed by atoms with Gasteiger partial charge in [-0.15, -0.1) is 5.10 Å². The van der Waals surface area contributed by atoms with E-state index < -0.39 is 0 Å². The normalized spacial score (nSPS) is 17.0. The van der Waals surface area contributed by atoms with Crippen molar-refractivity contribution in [2.24, 2.45) is 0 Å². The van der Waals surface area contributed by atoms with E-state index in [1.807, 2.05) is 12.1 Å². The van der Waals surface area contributed by atoms with Gasteiger partial charge in [-0.2, -0.15) is 5.10 Å². The quantitative estimate of drug-likeness (QED) is 0.798. The molecule has 0 unspecified atom stereocenters. The van der Waals surface area contributed by atoms with Gasteiger partial charge >= 0.3 is 0 Å². The second-order valence-corrected chi connectivity index (χ2v) is 5.72. The molecule has 0 aliphatic carbocycles. The van der Waals surface area contributed by atoms with Gasteiger partial charge in [-0.25, -0.2) is 0 Å². The third kappa shape index (κ3) is 4.59. The Morgan fingerprint density at radius 3 is 2.84 bits per heavy atom. The zero-order valence-electron chi connectivity index (χ0n) is 14.1. The van der Waals surface area contributed by atoms with Crippen molar-refractivity contribution < 1.29 is 19.0 Å². The maximum atomic E-state index is 12.4. The van der Waals surface area contributed by atoms with Crippen molar-refractivity contribution in [3.63, 3.8) is 0 Å². The van der Waals surface area contributed by atoms with Gasteiger partial charge in [0.1, 0.15) is 6.10 Å². The van der Waals surface area contributed by atoms with Gasteiger partial charge in [0, 0.05) is 18.8 Å². The van der Waals surface area contributed by atoms with Crippen molar-refractivity contribution in [1.82, 2.24) is 15.1 Å². The standard InChI is InChI=1S/C18H21N3O4/c1-23-15-7-2-3-8-16(15)24-13-18(22)21-11-5-6-14(12-21)25-17-9-4-10-19-20-17/h2-4,7-10,14H,5-6,11-13H2,1H3/t14-/m0/s1. The number of carbonyl (C=O) groups excluding carboxylic acids is 1. The van der Waals surface area contributed by atoms with Gasteiger partial charge in [-0.05, 0) is 31.0 Å². The lowest BCUT2D eigenvalue weighted by Crippen LogP contribution is -2.46. The average Bonchev–Trinajstić information content (AvgIpc) is 2.67. The predicted molar refractivity (Wildman–Crippen MR) is 90.8 cm³/mol. The van der Waals surface area contributed by atoms with Crippen LogP contribution >= 0.6 is 0 Å². The summed E-state index contributed by atoms with van der Waals surface area (Å²) in [7, 11) is 1.57. The molecule has 1 aliphatic rings. The fourth-order valence-electron chi connectivity index (χ4n) is 2.75. The molecule has 1 saturated heterocycles. The van der Waals surface area contributed by atoms with E-state index in [0.29, 0.717) is 30.5 Å². The molecule has 1 aliphatic heterocycles. The monoisotopic (exact) mass is 343 g/mol. The molecule has 0 spiro atoms. The lowest BCUT2D eigenvalue weighted by atomic mass is 10.1. The van der Waals surface area contributed by atoms with Crippen LogP contribution in [0.1, 0.15) is 12.8 Å². The number of carbonyl (C=O) groups is 1. The fraction of sp³-hybridized carbons (Fsp3) is 0.389. The molecule has 0 N–H and O–H groups in total. The van der Waals surface area contributed by atoms with Crippen LogP contribution < -0.4 is 14.2 Å². The maximum Gasteiger partial charge on any atom is 0.260 e. The van der Waals surface area contributed by atoms with E-state index in [9.17, 15) is 4.79 Å². The zero-order valence-corrected chi connectivity index (χ0v) is 14.1. The topological polar surface area (TPSA) is 73.8 Å². The van der Waals surface area contributed by atoms with E-state index in [1.165, 1.54) is 0 Å². The summed E-state index contributed by atoms with van der Waals surface area (Å²) in [4.78, 5) is 14.2. The first-order chi connectivity index (χ1) is 12.3. The molecular formula is C18H21N3O4. The number of piperidine rings is 1. The van der Waals surface area contributed by atoms with Crippen molar-refractivity contribution >= 4 is 5.91 Å². The van der Waals surface area contributed by atoms with Crippen LogP contribution in [0, 0.1) is 0 Å². The molecule has 0 radical (unpaired) electrons. The SMILES string of the molecule is COc1ccccc1OCC(=O)N1CCC[C@H](Oc2cccnn2)C1. The van der Waals surface area contributed by atoms with E-state index in [4.69, 9.17) is 14.2 Å². The minimum atomic E-state index is -0.0827. The highest BCUT2D eigenvalue weighted by molar-refractivity contribution is 5.78. The molecule has 1 amide bonds. The summed E-state index contributed by atoms with van der Waals surface area (Å²) < 4.78 is 16.6. The Labute approximate surface area is 146 Å². The van der Waals surface area contributed by atoms with E-state index in [0.717, 1.165) is 12.8 Å². The minimum Gasteiger partial charge on any atom is -0.493 e. The number of nitrogens with zero attached hydrogens (tertiary/aromatic N) is 3. The van der Waals surface area contributed by atoms with Gasteiger partial charge in [0.15, 0.2) is 18.1 Å². The highest BCUT2D eigenvalue weighted by Gasteiger charge is 2.25. The highest BCUT2D eigenvalue weighted by atomic mass is 16.5. The Kier molecular flexibility index (Phi) is 5.66. The number of hydrogen-bond acceptors (Lipinski definition) is 6. The largest absolute Gasteiger partial charge is 0.493 e. The lowest BCUT2D eigenvalue weighted by molar-refractivity contribution is -0.136. The Morgan fingerprint density at radius 1 is 1.24 bits per heavy atom. The summed E-state index contributed by atoms with van der Waals surface area (Å²) in [5, 5.41) is 7.72. The van der Waals surface area contributed by atoms with E-state index in [1.54, 1.807) is 42.5 Å². The summed E-state index contributed by atoms with van der Waals surface area (Å²) in [6.45, 7) is 1.19. The number of methoxy groups -OCH3 is 1. The average molecular weight is 343 g/mol. The van der Waals surface area contributed by atoms with Crippen LogP contribution in [0.2, 0.25) is 0 Å². The predicted octanol–water partition coefficient (Wildman–Crippen LogP) is 1.93. The van der Waals surface area contributed by atoms with Crippen LogP contribution in [0.25, 0.3) is 0 Å². The Morgan fingerprint density at radius 2 is 2.08 bits per heavy atom. The van der Waals surface area contributed by atoms with E-state index in [2.05, 4.69) is 10.2 Å². The second kappa shape index (κ2) is 8.32. The number of aromatic nitrogens is 2. The molecule has 7 nitrogen and oxygen atoms in total. The summed E-state index contributed by atoms with van der Waals surface area (Å²) >= 11 is 0. The van der Waals surface area contributed by atoms with E-state index >= 15 is 0 Å². The molecule has 132 valence electrons. The molecule has 3 rings (SSSR count). The second-order valence-electron chi connectivity index (χ2n) is 5.72. The van der Waals surface area contributed by atoms with Crippen LogP contribution in [0.5, 0.6) is 17.4 Å². The van der Waals surface area contributed by atoms with Crippen LogP contribution in [0.15, 0.2) is 42.6 Å². The number of rotatable bonds is 6. The third-order valence-corrected chi connectivity index (χ3v) is 3.99. The van der Waals surface area contributed by atoms with Gasteiger partial charge in [-0.1, -0.05) is 12.1 Å². The van der Waals surface area contributed by atoms with Gasteiger partial charge in [0.2, 0.25) is 5.88 Å². The van der Waals surface area contributed by atoms with Crippen molar-refractivity contribution in [2.75, 3.05) is 26.8 Å². The third-order valence-electron chi connectivity index (χ3n) is 3.99. The Hall–Kier alpha value is -2.83. The van der Waals surface area contributed by atoms with Gasteiger partial charge in [0.25, 0.3) is 5.91 Å². The smallest absolute Gasteiger partial charge is 0.260 e. The molecule has 0 saturated carbocycles. The number of hydrogen-bond donors (Lipinski definition) is 0. The molecule has 2 aromatic rings. The Bertz CT molecular complexity index is 696. The zero-order chi connectivity index (χ0) is 17.5. The summed E-state index contributed by atoms with van der Waals surface area (Å²) in [6.07, 6.45) is 3.28. The van der Waals surface area contributed by atoms with Crippen molar-refractivity contribution in [3.05, 3.63) is 42.6 Å². The molecule has 1 aromatic heterocycles. The first-order valence-electron chi connectivity index (χ1n) is 8.24. The highest BCUT2D eigenvalue weighted by Crippen LogP contribution is 2.26. The first kappa shape index (κ1) is 17.0. The van der Waals surface area contributed by atoms with Crippen LogP contribution in [-0.4, -0.2) is 53.9 Å². The van der Waals surface area contributed by atoms with Gasteiger partial charge in [0.05, 0.1) is 13.7 Å². The molecule has 1 atom stereocenters. The molecular weight excluding hydrogens is 322 g/mol. The Balaban J connectivity index is 1.53. The number of likely N-dealkylation sites (tertiary alicyclic amines) is 1. The molecule has 0 bridgehead atoms. The van der Waals surface area contributed by atoms with Crippen molar-refractivity contribution in [1.29, 1.82) is 0 Å². The van der Waals surface area contributed by atoms with E-state index in [-0.39, 0.29) is 18.6 Å². The van der Waals surface area contributed by atoms with Crippen LogP contribution in [-0.2, 0) is 4.79 Å². The lowest BCUT2D eigenvalue weighted by Gasteiger charge is -2.32. The molecule has 1 aromatic carbocycles. The number of para-hydroxylation sites is 2. The fourth-order valence-corrected chi connectivity index (χ4v) is 2.75. The van der Waals surface area contributed by atoms with Crippen molar-refractivity contribution in [3.8, 4) is 17.4 Å². The van der Waals surface area contributed by atoms with Gasteiger partial charge in [-0.3, -0.25) is 4.79 Å². The van der Waals surface area contributed by atoms with Crippen LogP contribution in [0.4, 0.5) is 0 Å². The summed E-state index contributed by atoms with van der Waals surface area (Å²) in [5.74, 6) is 1.57. The first-order valence-corrected chi connectivity index (χ1v) is 8.24. The van der Waals surface area contributed by atoms with Gasteiger partial charge < -0.3 is 19.1 Å². The van der Waals surface area contributed by atoms with Crippen molar-refractivity contribution in [2.45, 2.75) is 18.9 Å². The summed E-state index contributed by atoms with van der Waals surface area (Å²) in [5.41, 5.74) is 0. The number of amides is 1. The maximum absolute atomic E-state index is 12.4. The molecule has 25 heavy (non-hydrogen) atoms. The number of ether oxygens (including phenoxy) is 3. The van der Waals surface area contributed by atoms with Crippen LogP contribution in [0.3, 0.4) is 0 Å². The number of benzene rings is 1. The summed E-state index contributed by atoms with van der Waals surface area (Å²) in [6, 6.07) is 10.8. The minimum absolute atomic E-state index is 0.0295.